The quantitative estimate of drug-likeness (QED) is 0.322. The molecule has 1 heterocycles. The Balaban J connectivity index is 1.72. The average molecular weight is 435 g/mol. The van der Waals surface area contributed by atoms with E-state index in [0.717, 1.165) is 11.0 Å². The Morgan fingerprint density at radius 2 is 2.14 bits per heavy atom. The normalized spacial score (nSPS) is 11.0. The second-order valence-electron chi connectivity index (χ2n) is 6.27. The molecule has 29 heavy (non-hydrogen) atoms. The molecule has 0 bridgehead atoms. The molecule has 0 aliphatic carbocycles. The lowest BCUT2D eigenvalue weighted by molar-refractivity contribution is -0.384. The van der Waals surface area contributed by atoms with Gasteiger partial charge in [0.2, 0.25) is 5.91 Å². The molecule has 0 aliphatic rings. The third-order valence-corrected chi connectivity index (χ3v) is 5.43. The number of hydrogen-bond acceptors (Lipinski definition) is 6. The number of benzene rings is 2. The Bertz CT molecular complexity index is 1070. The van der Waals surface area contributed by atoms with E-state index in [9.17, 15) is 14.9 Å². The number of nitro benzene ring substituents is 1. The van der Waals surface area contributed by atoms with E-state index in [1.54, 1.807) is 26.2 Å². The van der Waals surface area contributed by atoms with Crippen LogP contribution in [0.1, 0.15) is 5.56 Å². The summed E-state index contributed by atoms with van der Waals surface area (Å²) in [4.78, 5) is 27.4. The van der Waals surface area contributed by atoms with Gasteiger partial charge in [-0.25, -0.2) is 4.98 Å². The lowest BCUT2D eigenvalue weighted by atomic mass is 10.2. The van der Waals surface area contributed by atoms with E-state index in [1.807, 2.05) is 10.6 Å². The van der Waals surface area contributed by atoms with Crippen LogP contribution in [0.4, 0.5) is 11.4 Å². The number of carbonyl (C=O) groups excluding carboxylic acids is 1. The molecule has 1 N–H and O–H groups in total. The zero-order chi connectivity index (χ0) is 21.0. The number of halogens is 1. The van der Waals surface area contributed by atoms with Crippen molar-refractivity contribution in [3.8, 4) is 0 Å². The first-order chi connectivity index (χ1) is 13.9. The highest BCUT2D eigenvalue weighted by molar-refractivity contribution is 7.99. The Labute approximate surface area is 176 Å². The molecule has 0 saturated carbocycles. The fourth-order valence-electron chi connectivity index (χ4n) is 2.81. The molecule has 0 unspecified atom stereocenters. The number of nitrogens with one attached hydrogen (secondary N) is 1. The van der Waals surface area contributed by atoms with Gasteiger partial charge in [-0.1, -0.05) is 23.4 Å². The van der Waals surface area contributed by atoms with Gasteiger partial charge < -0.3 is 14.6 Å². The fraction of sp³-hybridized carbons (Fsp3) is 0.263. The fourth-order valence-corrected chi connectivity index (χ4v) is 3.81. The third kappa shape index (κ3) is 5.06. The minimum Gasteiger partial charge on any atom is -0.383 e. The van der Waals surface area contributed by atoms with Crippen molar-refractivity contribution < 1.29 is 14.5 Å². The van der Waals surface area contributed by atoms with Crippen LogP contribution >= 0.6 is 23.4 Å². The molecule has 2 aromatic carbocycles. The summed E-state index contributed by atoms with van der Waals surface area (Å²) < 4.78 is 7.17. The van der Waals surface area contributed by atoms with Gasteiger partial charge in [-0.15, -0.1) is 0 Å². The van der Waals surface area contributed by atoms with E-state index in [0.29, 0.717) is 34.6 Å². The van der Waals surface area contributed by atoms with E-state index in [4.69, 9.17) is 16.3 Å². The molecule has 8 nitrogen and oxygen atoms in total. The van der Waals surface area contributed by atoms with Crippen LogP contribution in [0.15, 0.2) is 41.6 Å². The highest BCUT2D eigenvalue weighted by atomic mass is 35.5. The standard InChI is InChI=1S/C19H19ClN4O4S/c1-12-9-14(24(26)27)4-5-15(12)21-18(25)11-29-19-22-16-10-13(20)3-6-17(16)23(19)7-8-28-2/h3-6,9-10H,7-8,11H2,1-2H3,(H,21,25). The Kier molecular flexibility index (Phi) is 6.73. The lowest BCUT2D eigenvalue weighted by Gasteiger charge is -2.10. The maximum atomic E-state index is 12.4. The summed E-state index contributed by atoms with van der Waals surface area (Å²) in [5.74, 6) is -0.0872. The summed E-state index contributed by atoms with van der Waals surface area (Å²) in [7, 11) is 1.63. The van der Waals surface area contributed by atoms with Gasteiger partial charge in [-0.05, 0) is 36.8 Å². The van der Waals surface area contributed by atoms with Crippen molar-refractivity contribution in [1.82, 2.24) is 9.55 Å². The minimum atomic E-state index is -0.467. The summed E-state index contributed by atoms with van der Waals surface area (Å²) in [6, 6.07) is 9.80. The van der Waals surface area contributed by atoms with Crippen molar-refractivity contribution in [3.63, 3.8) is 0 Å². The van der Waals surface area contributed by atoms with Crippen molar-refractivity contribution in [1.29, 1.82) is 0 Å². The molecule has 1 aromatic heterocycles. The van der Waals surface area contributed by atoms with Crippen LogP contribution in [0.5, 0.6) is 0 Å². The van der Waals surface area contributed by atoms with E-state index >= 15 is 0 Å². The van der Waals surface area contributed by atoms with Gasteiger partial charge in [-0.2, -0.15) is 0 Å². The van der Waals surface area contributed by atoms with Gasteiger partial charge in [0, 0.05) is 36.5 Å². The van der Waals surface area contributed by atoms with Gasteiger partial charge in [0.25, 0.3) is 5.69 Å². The van der Waals surface area contributed by atoms with Crippen LogP contribution in [-0.2, 0) is 16.1 Å². The number of hydrogen-bond donors (Lipinski definition) is 1. The number of ether oxygens (including phenoxy) is 1. The summed E-state index contributed by atoms with van der Waals surface area (Å²) in [6.07, 6.45) is 0. The molecule has 0 fully saturated rings. The number of amides is 1. The predicted molar refractivity (Wildman–Crippen MR) is 114 cm³/mol. The summed E-state index contributed by atoms with van der Waals surface area (Å²) >= 11 is 7.36. The van der Waals surface area contributed by atoms with Crippen molar-refractivity contribution >= 4 is 51.7 Å². The van der Waals surface area contributed by atoms with Gasteiger partial charge in [0.05, 0.1) is 28.3 Å². The number of aryl methyl sites for hydroxylation is 1. The Hall–Kier alpha value is -2.62. The average Bonchev–Trinajstić information content (AvgIpc) is 3.02. The first-order valence-corrected chi connectivity index (χ1v) is 10.1. The van der Waals surface area contributed by atoms with E-state index < -0.39 is 4.92 Å². The molecule has 0 spiro atoms. The van der Waals surface area contributed by atoms with Crippen molar-refractivity contribution in [2.75, 3.05) is 24.8 Å². The second kappa shape index (κ2) is 9.25. The topological polar surface area (TPSA) is 99.3 Å². The first kappa shape index (κ1) is 21.1. The van der Waals surface area contributed by atoms with E-state index in [2.05, 4.69) is 10.3 Å². The number of non-ortho nitro benzene ring substituents is 1. The predicted octanol–water partition coefficient (Wildman–Crippen LogP) is 4.28. The molecule has 10 heteroatoms. The van der Waals surface area contributed by atoms with Crippen LogP contribution in [0.3, 0.4) is 0 Å². The first-order valence-electron chi connectivity index (χ1n) is 8.71. The highest BCUT2D eigenvalue weighted by Gasteiger charge is 2.15. The third-order valence-electron chi connectivity index (χ3n) is 4.22. The van der Waals surface area contributed by atoms with Gasteiger partial charge in [0.1, 0.15) is 0 Å². The number of thioether (sulfide) groups is 1. The summed E-state index contributed by atoms with van der Waals surface area (Å²) in [5.41, 5.74) is 2.82. The van der Waals surface area contributed by atoms with Crippen molar-refractivity contribution in [2.24, 2.45) is 0 Å². The largest absolute Gasteiger partial charge is 0.383 e. The number of fused-ring (bicyclic) bond motifs is 1. The monoisotopic (exact) mass is 434 g/mol. The SMILES string of the molecule is COCCn1c(SCC(=O)Nc2ccc([N+](=O)[O-])cc2C)nc2cc(Cl)ccc21. The molecule has 0 saturated heterocycles. The zero-order valence-electron chi connectivity index (χ0n) is 15.8. The van der Waals surface area contributed by atoms with Crippen LogP contribution in [0.25, 0.3) is 11.0 Å². The molecule has 152 valence electrons. The van der Waals surface area contributed by atoms with Crippen LogP contribution in [0, 0.1) is 17.0 Å². The van der Waals surface area contributed by atoms with E-state index in [-0.39, 0.29) is 17.3 Å². The maximum absolute atomic E-state index is 12.4. The molecule has 0 aliphatic heterocycles. The Morgan fingerprint density at radius 3 is 2.83 bits per heavy atom. The highest BCUT2D eigenvalue weighted by Crippen LogP contribution is 2.27. The second-order valence-corrected chi connectivity index (χ2v) is 7.64. The lowest BCUT2D eigenvalue weighted by Crippen LogP contribution is -2.15. The molecular weight excluding hydrogens is 416 g/mol. The number of aromatic nitrogens is 2. The van der Waals surface area contributed by atoms with Gasteiger partial charge >= 0.3 is 0 Å². The van der Waals surface area contributed by atoms with Crippen LogP contribution < -0.4 is 5.32 Å². The van der Waals surface area contributed by atoms with Crippen LogP contribution in [-0.4, -0.2) is 39.9 Å². The van der Waals surface area contributed by atoms with Crippen molar-refractivity contribution in [3.05, 3.63) is 57.1 Å². The number of imidazole rings is 1. The maximum Gasteiger partial charge on any atom is 0.269 e. The number of carbonyl (C=O) groups is 1. The van der Waals surface area contributed by atoms with Crippen LogP contribution in [0.2, 0.25) is 5.02 Å². The number of rotatable bonds is 8. The number of anilines is 1. The summed E-state index contributed by atoms with van der Waals surface area (Å²) in [5, 5.41) is 14.9. The van der Waals surface area contributed by atoms with E-state index in [1.165, 1.54) is 30.0 Å². The molecule has 3 rings (SSSR count). The molecular formula is C19H19ClN4O4S. The minimum absolute atomic E-state index is 0.0135. The zero-order valence-corrected chi connectivity index (χ0v) is 17.4. The number of nitrogens with zero attached hydrogens (tertiary/aromatic N) is 3. The molecule has 0 radical (unpaired) electrons. The van der Waals surface area contributed by atoms with Gasteiger partial charge in [-0.3, -0.25) is 14.9 Å². The number of methoxy groups -OCH3 is 1. The summed E-state index contributed by atoms with van der Waals surface area (Å²) in [6.45, 7) is 2.82. The Morgan fingerprint density at radius 1 is 1.34 bits per heavy atom. The molecule has 1 amide bonds. The number of nitro groups is 1. The molecule has 0 atom stereocenters. The van der Waals surface area contributed by atoms with Crippen molar-refractivity contribution in [2.45, 2.75) is 18.6 Å². The smallest absolute Gasteiger partial charge is 0.269 e. The molecule has 3 aromatic rings. The van der Waals surface area contributed by atoms with Gasteiger partial charge in [0.15, 0.2) is 5.16 Å².